The molecule has 1 atom stereocenters. The summed E-state index contributed by atoms with van der Waals surface area (Å²) in [5.41, 5.74) is 0.966. The van der Waals surface area contributed by atoms with Gasteiger partial charge in [0.15, 0.2) is 11.5 Å². The number of hydrogen-bond acceptors (Lipinski definition) is 11. The molecule has 40 heavy (non-hydrogen) atoms. The van der Waals surface area contributed by atoms with Gasteiger partial charge >= 0.3 is 6.09 Å². The molecule has 1 unspecified atom stereocenters. The first-order valence-corrected chi connectivity index (χ1v) is 14.2. The number of carbonyl (C=O) groups is 1. The van der Waals surface area contributed by atoms with Crippen molar-refractivity contribution in [2.75, 3.05) is 43.9 Å². The fraction of sp³-hybridized carbons (Fsp3) is 0.320. The highest BCUT2D eigenvalue weighted by molar-refractivity contribution is 9.10. The molecular formula is C25H31BrN6O7S. The van der Waals surface area contributed by atoms with Crippen molar-refractivity contribution < 1.29 is 32.2 Å². The molecule has 0 aliphatic heterocycles. The molecular weight excluding hydrogens is 608 g/mol. The Balaban J connectivity index is 1.67. The zero-order valence-corrected chi connectivity index (χ0v) is 24.9. The maximum absolute atomic E-state index is 12.6. The molecule has 13 nitrogen and oxygen atoms in total. The topological polar surface area (TPSA) is 176 Å². The number of anilines is 4. The molecule has 216 valence electrons. The summed E-state index contributed by atoms with van der Waals surface area (Å²) in [5, 5.41) is 14.1. The summed E-state index contributed by atoms with van der Waals surface area (Å²) in [4.78, 5) is 21.3. The normalized spacial score (nSPS) is 11.9. The second-order valence-corrected chi connectivity index (χ2v) is 11.1. The van der Waals surface area contributed by atoms with Gasteiger partial charge in [-0.3, -0.25) is 5.32 Å². The highest BCUT2D eigenvalue weighted by Crippen LogP contribution is 2.40. The van der Waals surface area contributed by atoms with Crippen LogP contribution in [0.2, 0.25) is 0 Å². The molecule has 1 heterocycles. The number of carbonyl (C=O) groups excluding carboxylic acids is 1. The predicted octanol–water partition coefficient (Wildman–Crippen LogP) is 4.34. The number of aromatic nitrogens is 2. The van der Waals surface area contributed by atoms with Crippen LogP contribution in [0.15, 0.2) is 52.0 Å². The van der Waals surface area contributed by atoms with Crippen LogP contribution in [0, 0.1) is 5.92 Å². The molecule has 3 rings (SSSR count). The summed E-state index contributed by atoms with van der Waals surface area (Å²) in [7, 11) is 0.654. The molecule has 0 spiro atoms. The van der Waals surface area contributed by atoms with E-state index in [-0.39, 0.29) is 29.4 Å². The molecule has 0 aliphatic rings. The zero-order chi connectivity index (χ0) is 29.4. The number of sulfonamides is 1. The van der Waals surface area contributed by atoms with Gasteiger partial charge in [-0.05, 0) is 46.1 Å². The van der Waals surface area contributed by atoms with E-state index in [1.54, 1.807) is 30.5 Å². The quantitative estimate of drug-likeness (QED) is 0.222. The molecule has 5 N–H and O–H groups in total. The second kappa shape index (κ2) is 13.5. The minimum absolute atomic E-state index is 0.00814. The van der Waals surface area contributed by atoms with Crippen LogP contribution in [0.4, 0.5) is 27.9 Å². The molecule has 3 aromatic rings. The number of nitrogens with two attached hydrogens (primary N) is 1. The third kappa shape index (κ3) is 8.09. The first-order chi connectivity index (χ1) is 18.9. The van der Waals surface area contributed by atoms with Gasteiger partial charge in [0.05, 0.1) is 42.4 Å². The van der Waals surface area contributed by atoms with Gasteiger partial charge in [-0.25, -0.2) is 23.3 Å². The summed E-state index contributed by atoms with van der Waals surface area (Å²) in [6, 6.07) is 8.74. The van der Waals surface area contributed by atoms with Gasteiger partial charge in [-0.2, -0.15) is 4.98 Å². The maximum atomic E-state index is 12.6. The van der Waals surface area contributed by atoms with Crippen LogP contribution in [-0.4, -0.2) is 58.5 Å². The number of hydrogen-bond donors (Lipinski definition) is 4. The van der Waals surface area contributed by atoms with Crippen LogP contribution >= 0.6 is 15.9 Å². The monoisotopic (exact) mass is 638 g/mol. The van der Waals surface area contributed by atoms with Crippen LogP contribution in [0.25, 0.3) is 0 Å². The standard InChI is InChI=1S/C25H31BrN6O7S/c1-14(2)19(13-39-25(33)30-16-10-20(36-3)22(38-5)21(11-16)37-4)31-23-18(26)12-28-24(32-23)29-15-6-8-17(9-7-15)40(27,34)35/h6-12,14,19H,13H2,1-5H3,(H,30,33)(H2,27,34,35)(H2,28,29,31,32). The molecule has 0 fully saturated rings. The molecule has 0 saturated carbocycles. The molecule has 15 heteroatoms. The van der Waals surface area contributed by atoms with Crippen molar-refractivity contribution in [2.45, 2.75) is 24.8 Å². The van der Waals surface area contributed by atoms with Gasteiger partial charge in [0.2, 0.25) is 21.7 Å². The van der Waals surface area contributed by atoms with Crippen molar-refractivity contribution in [3.63, 3.8) is 0 Å². The Kier molecular flexibility index (Phi) is 10.4. The van der Waals surface area contributed by atoms with Crippen molar-refractivity contribution in [3.8, 4) is 17.2 Å². The largest absolute Gasteiger partial charge is 0.493 e. The van der Waals surface area contributed by atoms with Crippen LogP contribution in [0.3, 0.4) is 0 Å². The van der Waals surface area contributed by atoms with Crippen molar-refractivity contribution in [1.29, 1.82) is 0 Å². The molecule has 1 amide bonds. The molecule has 0 radical (unpaired) electrons. The Labute approximate surface area is 241 Å². The highest BCUT2D eigenvalue weighted by atomic mass is 79.9. The van der Waals surface area contributed by atoms with Gasteiger partial charge in [-0.1, -0.05) is 13.8 Å². The Morgan fingerprint density at radius 2 is 1.65 bits per heavy atom. The number of benzene rings is 2. The van der Waals surface area contributed by atoms with E-state index in [0.29, 0.717) is 38.9 Å². The fourth-order valence-corrected chi connectivity index (χ4v) is 4.26. The molecule has 1 aromatic heterocycles. The van der Waals surface area contributed by atoms with E-state index in [1.165, 1.54) is 33.5 Å². The summed E-state index contributed by atoms with van der Waals surface area (Å²) >= 11 is 3.44. The van der Waals surface area contributed by atoms with E-state index in [9.17, 15) is 13.2 Å². The van der Waals surface area contributed by atoms with E-state index in [4.69, 9.17) is 24.1 Å². The summed E-state index contributed by atoms with van der Waals surface area (Å²) in [6.07, 6.45) is 0.889. The SMILES string of the molecule is COc1cc(NC(=O)OCC(Nc2nc(Nc3ccc(S(N)(=O)=O)cc3)ncc2Br)C(C)C)cc(OC)c1OC. The third-order valence-corrected chi connectivity index (χ3v) is 7.12. The lowest BCUT2D eigenvalue weighted by Crippen LogP contribution is -2.33. The number of nitrogens with one attached hydrogen (secondary N) is 3. The number of ether oxygens (including phenoxy) is 4. The van der Waals surface area contributed by atoms with Gasteiger partial charge in [-0.15, -0.1) is 0 Å². The van der Waals surface area contributed by atoms with E-state index < -0.39 is 16.1 Å². The average molecular weight is 640 g/mol. The van der Waals surface area contributed by atoms with Gasteiger partial charge in [0.25, 0.3) is 0 Å². The van der Waals surface area contributed by atoms with Gasteiger partial charge in [0, 0.05) is 24.0 Å². The number of rotatable bonds is 12. The summed E-state index contributed by atoms with van der Waals surface area (Å²) < 4.78 is 45.0. The molecule has 0 bridgehead atoms. The Bertz CT molecular complexity index is 1410. The lowest BCUT2D eigenvalue weighted by Gasteiger charge is -2.23. The van der Waals surface area contributed by atoms with Gasteiger partial charge < -0.3 is 29.6 Å². The number of nitrogens with zero attached hydrogens (tertiary/aromatic N) is 2. The van der Waals surface area contributed by atoms with Crippen LogP contribution < -0.4 is 35.3 Å². The van der Waals surface area contributed by atoms with Crippen molar-refractivity contribution in [1.82, 2.24) is 9.97 Å². The lowest BCUT2D eigenvalue weighted by molar-refractivity contribution is 0.150. The lowest BCUT2D eigenvalue weighted by atomic mass is 10.1. The molecule has 0 aliphatic carbocycles. The van der Waals surface area contributed by atoms with Gasteiger partial charge in [0.1, 0.15) is 12.4 Å². The summed E-state index contributed by atoms with van der Waals surface area (Å²) in [5.74, 6) is 1.95. The van der Waals surface area contributed by atoms with Crippen molar-refractivity contribution >= 4 is 55.2 Å². The highest BCUT2D eigenvalue weighted by Gasteiger charge is 2.20. The number of primary sulfonamides is 1. The van der Waals surface area contributed by atoms with Crippen LogP contribution in [-0.2, 0) is 14.8 Å². The number of methoxy groups -OCH3 is 3. The van der Waals surface area contributed by atoms with E-state index in [0.717, 1.165) is 0 Å². The Morgan fingerprint density at radius 3 is 2.17 bits per heavy atom. The Hall–Kier alpha value is -3.82. The summed E-state index contributed by atoms with van der Waals surface area (Å²) in [6.45, 7) is 3.97. The van der Waals surface area contributed by atoms with E-state index in [1.807, 2.05) is 13.8 Å². The van der Waals surface area contributed by atoms with Crippen LogP contribution in [0.1, 0.15) is 13.8 Å². The van der Waals surface area contributed by atoms with Crippen molar-refractivity contribution in [2.24, 2.45) is 11.1 Å². The van der Waals surface area contributed by atoms with Crippen molar-refractivity contribution in [3.05, 3.63) is 47.1 Å². The predicted molar refractivity (Wildman–Crippen MR) is 154 cm³/mol. The van der Waals surface area contributed by atoms with E-state index in [2.05, 4.69) is 41.8 Å². The van der Waals surface area contributed by atoms with E-state index >= 15 is 0 Å². The molecule has 0 saturated heterocycles. The number of amides is 1. The first kappa shape index (κ1) is 30.7. The zero-order valence-electron chi connectivity index (χ0n) is 22.5. The number of halogens is 1. The third-order valence-electron chi connectivity index (χ3n) is 5.62. The minimum Gasteiger partial charge on any atom is -0.493 e. The fourth-order valence-electron chi connectivity index (χ4n) is 3.43. The molecule has 2 aromatic carbocycles. The minimum atomic E-state index is -3.80. The maximum Gasteiger partial charge on any atom is 0.411 e. The smallest absolute Gasteiger partial charge is 0.411 e. The second-order valence-electron chi connectivity index (χ2n) is 8.72. The first-order valence-electron chi connectivity index (χ1n) is 11.9. The Morgan fingerprint density at radius 1 is 1.02 bits per heavy atom. The average Bonchev–Trinajstić information content (AvgIpc) is 2.91. The van der Waals surface area contributed by atoms with Crippen LogP contribution in [0.5, 0.6) is 17.2 Å².